The van der Waals surface area contributed by atoms with Crippen molar-refractivity contribution in [3.63, 3.8) is 0 Å². The monoisotopic (exact) mass is 196 g/mol. The van der Waals surface area contributed by atoms with Gasteiger partial charge in [-0.3, -0.25) is 9.59 Å². The highest BCUT2D eigenvalue weighted by Crippen LogP contribution is 2.04. The molecule has 0 saturated heterocycles. The molecule has 4 nitrogen and oxygen atoms in total. The Kier molecular flexibility index (Phi) is 3.91. The van der Waals surface area contributed by atoms with Crippen LogP contribution in [-0.2, 0) is 19.1 Å². The van der Waals surface area contributed by atoms with Gasteiger partial charge in [0.25, 0.3) is 0 Å². The fourth-order valence-corrected chi connectivity index (χ4v) is 0.939. The third-order valence-electron chi connectivity index (χ3n) is 1.61. The quantitative estimate of drug-likeness (QED) is 0.496. The lowest BCUT2D eigenvalue weighted by Gasteiger charge is -2.08. The van der Waals surface area contributed by atoms with Crippen molar-refractivity contribution >= 4 is 11.8 Å². The molecule has 4 heteroatoms. The maximum absolute atomic E-state index is 11.0. The first kappa shape index (κ1) is 10.5. The van der Waals surface area contributed by atoms with Crippen LogP contribution in [0.1, 0.15) is 13.3 Å². The Morgan fingerprint density at radius 3 is 2.93 bits per heavy atom. The number of carbonyl (C=O) groups is 2. The summed E-state index contributed by atoms with van der Waals surface area (Å²) >= 11 is 0. The second kappa shape index (κ2) is 5.21. The molecule has 14 heavy (non-hydrogen) atoms. The second-order valence-electron chi connectivity index (χ2n) is 2.95. The molecule has 1 heterocycles. The standard InChI is InChI=1S/C10H12O4/c1-8(11)6-10(12)14-7-9-2-4-13-5-3-9/h2-4H,5-7H2,1H3. The molecule has 0 saturated carbocycles. The predicted molar refractivity (Wildman–Crippen MR) is 49.4 cm³/mol. The summed E-state index contributed by atoms with van der Waals surface area (Å²) in [7, 11) is 0. The first-order chi connectivity index (χ1) is 6.68. The number of carbonyl (C=O) groups excluding carboxylic acids is 2. The molecule has 76 valence electrons. The lowest BCUT2D eigenvalue weighted by molar-refractivity contribution is -0.144. The molecular weight excluding hydrogens is 184 g/mol. The largest absolute Gasteiger partial charge is 0.497 e. The average molecular weight is 196 g/mol. The molecule has 0 aromatic heterocycles. The fraction of sp³-hybridized carbons (Fsp3) is 0.400. The van der Waals surface area contributed by atoms with Gasteiger partial charge < -0.3 is 9.47 Å². The summed E-state index contributed by atoms with van der Waals surface area (Å²) in [5, 5.41) is 0. The van der Waals surface area contributed by atoms with Crippen LogP contribution in [0.5, 0.6) is 0 Å². The van der Waals surface area contributed by atoms with Gasteiger partial charge >= 0.3 is 5.97 Å². The van der Waals surface area contributed by atoms with Gasteiger partial charge in [-0.05, 0) is 24.6 Å². The SMILES string of the molecule is CC(=O)CC(=O)OCC1=CCOC=C1. The summed E-state index contributed by atoms with van der Waals surface area (Å²) in [6.45, 7) is 2.05. The van der Waals surface area contributed by atoms with Crippen molar-refractivity contribution in [3.05, 3.63) is 24.0 Å². The Morgan fingerprint density at radius 1 is 1.57 bits per heavy atom. The van der Waals surface area contributed by atoms with Gasteiger partial charge in [0.15, 0.2) is 0 Å². The molecule has 0 fully saturated rings. The topological polar surface area (TPSA) is 52.6 Å². The van der Waals surface area contributed by atoms with Crippen molar-refractivity contribution in [2.75, 3.05) is 13.2 Å². The first-order valence-electron chi connectivity index (χ1n) is 4.31. The zero-order valence-electron chi connectivity index (χ0n) is 7.99. The van der Waals surface area contributed by atoms with Crippen molar-refractivity contribution in [2.24, 2.45) is 0 Å². The van der Waals surface area contributed by atoms with Gasteiger partial charge in [-0.15, -0.1) is 0 Å². The van der Waals surface area contributed by atoms with Crippen LogP contribution in [0.25, 0.3) is 0 Å². The highest BCUT2D eigenvalue weighted by Gasteiger charge is 2.07. The summed E-state index contributed by atoms with van der Waals surface area (Å²) in [5.74, 6) is -0.676. The Hall–Kier alpha value is -1.58. The minimum Gasteiger partial charge on any atom is -0.497 e. The van der Waals surface area contributed by atoms with Crippen molar-refractivity contribution in [1.82, 2.24) is 0 Å². The minimum atomic E-state index is -0.488. The maximum atomic E-state index is 11.0. The minimum absolute atomic E-state index is 0.159. The summed E-state index contributed by atoms with van der Waals surface area (Å²) in [6, 6.07) is 0. The van der Waals surface area contributed by atoms with E-state index in [9.17, 15) is 9.59 Å². The van der Waals surface area contributed by atoms with E-state index in [0.29, 0.717) is 6.61 Å². The van der Waals surface area contributed by atoms with Gasteiger partial charge in [-0.2, -0.15) is 0 Å². The average Bonchev–Trinajstić information content (AvgIpc) is 2.15. The maximum Gasteiger partial charge on any atom is 0.313 e. The van der Waals surface area contributed by atoms with Gasteiger partial charge in [0.05, 0.1) is 6.26 Å². The number of ketones is 1. The smallest absolute Gasteiger partial charge is 0.313 e. The molecule has 0 aromatic carbocycles. The van der Waals surface area contributed by atoms with E-state index in [0.717, 1.165) is 5.57 Å². The van der Waals surface area contributed by atoms with E-state index in [1.54, 1.807) is 12.3 Å². The molecular formula is C10H12O4. The predicted octanol–water partition coefficient (Wildman–Crippen LogP) is 0.979. The molecule has 0 atom stereocenters. The van der Waals surface area contributed by atoms with E-state index in [1.807, 2.05) is 6.08 Å². The molecule has 1 rings (SSSR count). The zero-order valence-corrected chi connectivity index (χ0v) is 7.99. The molecule has 0 aromatic rings. The lowest BCUT2D eigenvalue weighted by Crippen LogP contribution is -2.11. The second-order valence-corrected chi connectivity index (χ2v) is 2.95. The Balaban J connectivity index is 2.26. The number of Topliss-reactive ketones (excluding diaryl/α,β-unsaturated/α-hetero) is 1. The number of hydrogen-bond donors (Lipinski definition) is 0. The molecule has 0 spiro atoms. The lowest BCUT2D eigenvalue weighted by atomic mass is 10.2. The van der Waals surface area contributed by atoms with Crippen LogP contribution in [0.15, 0.2) is 24.0 Å². The van der Waals surface area contributed by atoms with Crippen LogP contribution in [0.3, 0.4) is 0 Å². The summed E-state index contributed by atoms with van der Waals surface area (Å²) in [4.78, 5) is 21.5. The molecule has 1 aliphatic rings. The third kappa shape index (κ3) is 3.89. The molecule has 1 aliphatic heterocycles. The van der Waals surface area contributed by atoms with Gasteiger partial charge in [-0.1, -0.05) is 0 Å². The third-order valence-corrected chi connectivity index (χ3v) is 1.61. The van der Waals surface area contributed by atoms with Gasteiger partial charge in [0.2, 0.25) is 0 Å². The number of hydrogen-bond acceptors (Lipinski definition) is 4. The van der Waals surface area contributed by atoms with E-state index in [4.69, 9.17) is 9.47 Å². The van der Waals surface area contributed by atoms with E-state index in [2.05, 4.69) is 0 Å². The molecule has 0 N–H and O–H groups in total. The Morgan fingerprint density at radius 2 is 2.36 bits per heavy atom. The van der Waals surface area contributed by atoms with Gasteiger partial charge in [-0.25, -0.2) is 0 Å². The Labute approximate surface area is 82.2 Å². The number of rotatable bonds is 4. The number of esters is 1. The zero-order chi connectivity index (χ0) is 10.4. The van der Waals surface area contributed by atoms with Gasteiger partial charge in [0.1, 0.15) is 25.4 Å². The summed E-state index contributed by atoms with van der Waals surface area (Å²) in [5.41, 5.74) is 0.883. The van der Waals surface area contributed by atoms with Crippen molar-refractivity contribution < 1.29 is 19.1 Å². The Bertz CT molecular complexity index is 288. The van der Waals surface area contributed by atoms with Crippen molar-refractivity contribution in [2.45, 2.75) is 13.3 Å². The molecule has 0 radical (unpaired) electrons. The first-order valence-corrected chi connectivity index (χ1v) is 4.31. The molecule has 0 aliphatic carbocycles. The van der Waals surface area contributed by atoms with E-state index in [1.165, 1.54) is 6.92 Å². The number of ether oxygens (including phenoxy) is 2. The van der Waals surface area contributed by atoms with E-state index >= 15 is 0 Å². The highest BCUT2D eigenvalue weighted by molar-refractivity contribution is 5.94. The van der Waals surface area contributed by atoms with Gasteiger partial charge in [0, 0.05) is 0 Å². The van der Waals surface area contributed by atoms with Crippen molar-refractivity contribution in [1.29, 1.82) is 0 Å². The van der Waals surface area contributed by atoms with Crippen LogP contribution in [0.2, 0.25) is 0 Å². The van der Waals surface area contributed by atoms with Crippen molar-refractivity contribution in [3.8, 4) is 0 Å². The van der Waals surface area contributed by atoms with E-state index in [-0.39, 0.29) is 18.8 Å². The fourth-order valence-electron chi connectivity index (χ4n) is 0.939. The molecule has 0 unspecified atom stereocenters. The normalized spacial score (nSPS) is 14.2. The molecule has 0 bridgehead atoms. The molecule has 0 amide bonds. The summed E-state index contributed by atoms with van der Waals surface area (Å²) in [6.07, 6.45) is 4.94. The summed E-state index contributed by atoms with van der Waals surface area (Å²) < 4.78 is 9.78. The van der Waals surface area contributed by atoms with Crippen LogP contribution in [-0.4, -0.2) is 25.0 Å². The van der Waals surface area contributed by atoms with Crippen LogP contribution < -0.4 is 0 Å². The van der Waals surface area contributed by atoms with Crippen LogP contribution in [0.4, 0.5) is 0 Å². The van der Waals surface area contributed by atoms with E-state index < -0.39 is 5.97 Å². The van der Waals surface area contributed by atoms with Crippen LogP contribution in [0, 0.1) is 0 Å². The highest BCUT2D eigenvalue weighted by atomic mass is 16.5. The van der Waals surface area contributed by atoms with Crippen LogP contribution >= 0.6 is 0 Å².